The minimum atomic E-state index is -0.581. The summed E-state index contributed by atoms with van der Waals surface area (Å²) in [6, 6.07) is 5.46. The van der Waals surface area contributed by atoms with Gasteiger partial charge in [-0.2, -0.15) is 0 Å². The molecule has 0 N–H and O–H groups in total. The normalized spacial score (nSPS) is 10.7. The highest BCUT2D eigenvalue weighted by molar-refractivity contribution is 5.89. The van der Waals surface area contributed by atoms with Crippen molar-refractivity contribution in [3.05, 3.63) is 39.7 Å². The topological polar surface area (TPSA) is 50.5 Å². The minimum absolute atomic E-state index is 0.0579. The van der Waals surface area contributed by atoms with Crippen molar-refractivity contribution in [1.29, 1.82) is 0 Å². The number of hydrogen-bond acceptors (Lipinski definition) is 4. The third kappa shape index (κ3) is 2.26. The summed E-state index contributed by atoms with van der Waals surface area (Å²) >= 11 is 0. The zero-order valence-corrected chi connectivity index (χ0v) is 11.4. The summed E-state index contributed by atoms with van der Waals surface area (Å²) in [6.07, 6.45) is 0.527. The number of rotatable bonds is 4. The number of carbonyl (C=O) groups is 1. The Morgan fingerprint density at radius 1 is 1.26 bits per heavy atom. The predicted molar refractivity (Wildman–Crippen MR) is 76.2 cm³/mol. The van der Waals surface area contributed by atoms with E-state index in [4.69, 9.17) is 4.42 Å². The molecule has 0 atom stereocenters. The number of aldehydes is 1. The lowest BCUT2D eigenvalue weighted by molar-refractivity contribution is 0.112. The number of benzene rings is 1. The highest BCUT2D eigenvalue weighted by Crippen LogP contribution is 2.27. The molecule has 2 aromatic rings. The van der Waals surface area contributed by atoms with E-state index in [1.165, 1.54) is 0 Å². The summed E-state index contributed by atoms with van der Waals surface area (Å²) < 4.78 is 5.28. The van der Waals surface area contributed by atoms with Gasteiger partial charge in [-0.05, 0) is 39.0 Å². The molecule has 0 aliphatic heterocycles. The lowest BCUT2D eigenvalue weighted by Gasteiger charge is -2.23. The van der Waals surface area contributed by atoms with Gasteiger partial charge in [-0.1, -0.05) is 0 Å². The molecule has 1 aromatic carbocycles. The molecular formula is C15H17NO3. The summed E-state index contributed by atoms with van der Waals surface area (Å²) in [4.78, 5) is 24.6. The van der Waals surface area contributed by atoms with Crippen molar-refractivity contribution in [2.24, 2.45) is 0 Å². The van der Waals surface area contributed by atoms with E-state index in [9.17, 15) is 9.59 Å². The molecule has 2 rings (SSSR count). The Hall–Kier alpha value is -2.10. The second-order valence-electron chi connectivity index (χ2n) is 4.41. The van der Waals surface area contributed by atoms with Gasteiger partial charge in [-0.15, -0.1) is 0 Å². The number of nitrogens with zero attached hydrogens (tertiary/aromatic N) is 1. The SMILES string of the molecule is CCN(CC)c1ccc2cc(C=O)c(=O)oc2c1C. The Bertz CT molecular complexity index is 669. The number of hydrogen-bond donors (Lipinski definition) is 0. The van der Waals surface area contributed by atoms with E-state index < -0.39 is 5.63 Å². The van der Waals surface area contributed by atoms with Gasteiger partial charge in [0.05, 0.1) is 0 Å². The first-order valence-electron chi connectivity index (χ1n) is 6.40. The monoisotopic (exact) mass is 259 g/mol. The van der Waals surface area contributed by atoms with Crippen LogP contribution in [-0.4, -0.2) is 19.4 Å². The van der Waals surface area contributed by atoms with Gasteiger partial charge in [-0.3, -0.25) is 4.79 Å². The van der Waals surface area contributed by atoms with E-state index in [-0.39, 0.29) is 5.56 Å². The lowest BCUT2D eigenvalue weighted by Crippen LogP contribution is -2.22. The highest BCUT2D eigenvalue weighted by atomic mass is 16.4. The molecule has 0 bridgehead atoms. The van der Waals surface area contributed by atoms with Crippen molar-refractivity contribution in [2.45, 2.75) is 20.8 Å². The Morgan fingerprint density at radius 3 is 2.53 bits per heavy atom. The molecule has 0 saturated carbocycles. The fourth-order valence-electron chi connectivity index (χ4n) is 2.32. The Balaban J connectivity index is 2.71. The lowest BCUT2D eigenvalue weighted by atomic mass is 10.1. The van der Waals surface area contributed by atoms with Crippen LogP contribution in [0.4, 0.5) is 5.69 Å². The van der Waals surface area contributed by atoms with Crippen molar-refractivity contribution in [1.82, 2.24) is 0 Å². The van der Waals surface area contributed by atoms with E-state index in [2.05, 4.69) is 18.7 Å². The molecule has 0 radical (unpaired) electrons. The fourth-order valence-corrected chi connectivity index (χ4v) is 2.32. The summed E-state index contributed by atoms with van der Waals surface area (Å²) in [7, 11) is 0. The van der Waals surface area contributed by atoms with Crippen molar-refractivity contribution < 1.29 is 9.21 Å². The highest BCUT2D eigenvalue weighted by Gasteiger charge is 2.12. The Morgan fingerprint density at radius 2 is 1.95 bits per heavy atom. The Labute approximate surface area is 111 Å². The van der Waals surface area contributed by atoms with E-state index in [1.54, 1.807) is 6.07 Å². The van der Waals surface area contributed by atoms with Crippen molar-refractivity contribution in [3.8, 4) is 0 Å². The molecule has 0 aliphatic carbocycles. The van der Waals surface area contributed by atoms with Crippen molar-refractivity contribution >= 4 is 22.9 Å². The van der Waals surface area contributed by atoms with Crippen LogP contribution in [0, 0.1) is 6.92 Å². The standard InChI is InChI=1S/C15H17NO3/c1-4-16(5-2)13-7-6-11-8-12(9-17)15(18)19-14(11)10(13)3/h6-9H,4-5H2,1-3H3. The maximum Gasteiger partial charge on any atom is 0.346 e. The van der Waals surface area contributed by atoms with Crippen LogP contribution in [0.5, 0.6) is 0 Å². The van der Waals surface area contributed by atoms with Gasteiger partial charge in [0, 0.05) is 29.7 Å². The molecule has 0 aliphatic rings. The molecule has 0 unspecified atom stereocenters. The average Bonchev–Trinajstić information content (AvgIpc) is 2.42. The largest absolute Gasteiger partial charge is 0.422 e. The molecule has 0 saturated heterocycles. The van der Waals surface area contributed by atoms with Crippen molar-refractivity contribution in [3.63, 3.8) is 0 Å². The molecule has 0 amide bonds. The molecule has 100 valence electrons. The van der Waals surface area contributed by atoms with Gasteiger partial charge >= 0.3 is 5.63 Å². The Kier molecular flexibility index (Phi) is 3.69. The molecule has 0 spiro atoms. The van der Waals surface area contributed by atoms with E-state index in [0.29, 0.717) is 11.9 Å². The first kappa shape index (κ1) is 13.3. The molecule has 1 aromatic heterocycles. The summed E-state index contributed by atoms with van der Waals surface area (Å²) in [5.74, 6) is 0. The first-order valence-corrected chi connectivity index (χ1v) is 6.40. The van der Waals surface area contributed by atoms with Gasteiger partial charge in [0.1, 0.15) is 11.1 Å². The quantitative estimate of drug-likeness (QED) is 0.625. The number of fused-ring (bicyclic) bond motifs is 1. The third-order valence-electron chi connectivity index (χ3n) is 3.38. The van der Waals surface area contributed by atoms with Gasteiger partial charge < -0.3 is 9.32 Å². The van der Waals surface area contributed by atoms with Crippen LogP contribution in [0.1, 0.15) is 29.8 Å². The summed E-state index contributed by atoms with van der Waals surface area (Å²) in [6.45, 7) is 7.87. The maximum absolute atomic E-state index is 11.6. The van der Waals surface area contributed by atoms with Crippen LogP contribution in [0.2, 0.25) is 0 Å². The molecule has 19 heavy (non-hydrogen) atoms. The second-order valence-corrected chi connectivity index (χ2v) is 4.41. The van der Waals surface area contributed by atoms with Crippen molar-refractivity contribution in [2.75, 3.05) is 18.0 Å². The van der Waals surface area contributed by atoms with Gasteiger partial charge in [-0.25, -0.2) is 4.79 Å². The number of carbonyl (C=O) groups excluding carboxylic acids is 1. The van der Waals surface area contributed by atoms with Gasteiger partial charge in [0.2, 0.25) is 0 Å². The minimum Gasteiger partial charge on any atom is -0.422 e. The second kappa shape index (κ2) is 5.26. The van der Waals surface area contributed by atoms with E-state index in [1.807, 2.05) is 19.1 Å². The van der Waals surface area contributed by atoms with Crippen LogP contribution >= 0.6 is 0 Å². The summed E-state index contributed by atoms with van der Waals surface area (Å²) in [5.41, 5.74) is 2.01. The fraction of sp³-hybridized carbons (Fsp3) is 0.333. The zero-order chi connectivity index (χ0) is 14.0. The number of aryl methyl sites for hydroxylation is 1. The summed E-state index contributed by atoms with van der Waals surface area (Å²) in [5, 5.41) is 0.773. The molecular weight excluding hydrogens is 242 g/mol. The van der Waals surface area contributed by atoms with Crippen LogP contribution in [0.15, 0.2) is 27.4 Å². The molecule has 1 heterocycles. The predicted octanol–water partition coefficient (Wildman–Crippen LogP) is 2.76. The molecule has 4 nitrogen and oxygen atoms in total. The van der Waals surface area contributed by atoms with Crippen LogP contribution < -0.4 is 10.5 Å². The molecule has 0 fully saturated rings. The maximum atomic E-state index is 11.6. The van der Waals surface area contributed by atoms with Crippen LogP contribution in [0.3, 0.4) is 0 Å². The smallest absolute Gasteiger partial charge is 0.346 e. The zero-order valence-electron chi connectivity index (χ0n) is 11.4. The van der Waals surface area contributed by atoms with Gasteiger partial charge in [0.15, 0.2) is 6.29 Å². The number of anilines is 1. The third-order valence-corrected chi connectivity index (χ3v) is 3.38. The van der Waals surface area contributed by atoms with Gasteiger partial charge in [0.25, 0.3) is 0 Å². The van der Waals surface area contributed by atoms with Crippen LogP contribution in [-0.2, 0) is 0 Å². The molecule has 4 heteroatoms. The van der Waals surface area contributed by atoms with Crippen LogP contribution in [0.25, 0.3) is 11.0 Å². The van der Waals surface area contributed by atoms with E-state index in [0.717, 1.165) is 29.7 Å². The first-order chi connectivity index (χ1) is 9.12. The average molecular weight is 259 g/mol. The van der Waals surface area contributed by atoms with E-state index >= 15 is 0 Å².